The molecule has 158 valence electrons. The van der Waals surface area contributed by atoms with E-state index in [0.717, 1.165) is 13.0 Å². The van der Waals surface area contributed by atoms with Gasteiger partial charge in [-0.1, -0.05) is 6.92 Å². The minimum absolute atomic E-state index is 0.0145. The van der Waals surface area contributed by atoms with Crippen LogP contribution < -0.4 is 15.0 Å². The van der Waals surface area contributed by atoms with Crippen LogP contribution in [-0.2, 0) is 10.2 Å². The highest BCUT2D eigenvalue weighted by Crippen LogP contribution is 2.51. The van der Waals surface area contributed by atoms with Crippen LogP contribution in [-0.4, -0.2) is 67.2 Å². The van der Waals surface area contributed by atoms with Crippen LogP contribution in [0.4, 0.5) is 10.5 Å². The van der Waals surface area contributed by atoms with Crippen molar-refractivity contribution in [2.24, 2.45) is 0 Å². The minimum atomic E-state index is -0.786. The number of fused-ring (bicyclic) bond motifs is 3. The molecular formula is C22H32N4O3. The maximum atomic E-state index is 12.7. The number of hydrogen-bond donors (Lipinski definition) is 1. The number of nitrogens with zero attached hydrogens (tertiary/aromatic N) is 3. The SMILES string of the molecule is CCN(CC)C(=O)C1(NC(=O)Oc2ccc3c(c2)[C@]2(C)CCN(C)[C@@H]2N3C)CC1. The van der Waals surface area contributed by atoms with Crippen molar-refractivity contribution in [2.45, 2.75) is 57.2 Å². The molecule has 7 heteroatoms. The Hall–Kier alpha value is -2.28. The second kappa shape index (κ2) is 6.90. The van der Waals surface area contributed by atoms with Gasteiger partial charge in [-0.2, -0.15) is 0 Å². The molecule has 29 heavy (non-hydrogen) atoms. The van der Waals surface area contributed by atoms with E-state index in [-0.39, 0.29) is 11.3 Å². The number of carbonyl (C=O) groups excluding carboxylic acids is 2. The highest BCUT2D eigenvalue weighted by Gasteiger charge is 2.54. The lowest BCUT2D eigenvalue weighted by Gasteiger charge is -2.32. The Morgan fingerprint density at radius 1 is 1.21 bits per heavy atom. The molecule has 2 aliphatic heterocycles. The predicted octanol–water partition coefficient (Wildman–Crippen LogP) is 2.55. The number of amides is 2. The quantitative estimate of drug-likeness (QED) is 0.823. The maximum Gasteiger partial charge on any atom is 0.413 e. The van der Waals surface area contributed by atoms with Crippen LogP contribution in [0.5, 0.6) is 5.75 Å². The van der Waals surface area contributed by atoms with Crippen LogP contribution in [0.1, 0.15) is 45.6 Å². The Morgan fingerprint density at radius 3 is 2.52 bits per heavy atom. The van der Waals surface area contributed by atoms with E-state index in [4.69, 9.17) is 4.74 Å². The summed E-state index contributed by atoms with van der Waals surface area (Å²) in [4.78, 5) is 31.7. The summed E-state index contributed by atoms with van der Waals surface area (Å²) in [5.41, 5.74) is 1.64. The van der Waals surface area contributed by atoms with Gasteiger partial charge < -0.3 is 19.9 Å². The zero-order valence-electron chi connectivity index (χ0n) is 18.1. The number of likely N-dealkylation sites (N-methyl/N-ethyl adjacent to an activating group) is 3. The average molecular weight is 401 g/mol. The van der Waals surface area contributed by atoms with Gasteiger partial charge in [-0.3, -0.25) is 9.69 Å². The lowest BCUT2D eigenvalue weighted by molar-refractivity contribution is -0.134. The van der Waals surface area contributed by atoms with Crippen molar-refractivity contribution in [1.29, 1.82) is 0 Å². The molecule has 3 aliphatic rings. The van der Waals surface area contributed by atoms with Crippen molar-refractivity contribution in [1.82, 2.24) is 15.1 Å². The number of likely N-dealkylation sites (tertiary alicyclic amines) is 1. The number of anilines is 1. The van der Waals surface area contributed by atoms with Gasteiger partial charge in [0, 0.05) is 37.8 Å². The van der Waals surface area contributed by atoms with E-state index in [0.29, 0.717) is 37.8 Å². The van der Waals surface area contributed by atoms with Gasteiger partial charge in [-0.05, 0) is 63.9 Å². The van der Waals surface area contributed by atoms with Crippen molar-refractivity contribution >= 4 is 17.7 Å². The normalized spacial score (nSPS) is 26.7. The number of ether oxygens (including phenoxy) is 1. The summed E-state index contributed by atoms with van der Waals surface area (Å²) >= 11 is 0. The Labute approximate surface area is 173 Å². The molecule has 2 atom stereocenters. The van der Waals surface area contributed by atoms with Gasteiger partial charge in [0.15, 0.2) is 0 Å². The van der Waals surface area contributed by atoms with Crippen LogP contribution in [0.3, 0.4) is 0 Å². The van der Waals surface area contributed by atoms with Crippen molar-refractivity contribution in [3.8, 4) is 5.75 Å². The highest BCUT2D eigenvalue weighted by molar-refractivity contribution is 5.93. The lowest BCUT2D eigenvalue weighted by atomic mass is 9.81. The summed E-state index contributed by atoms with van der Waals surface area (Å²) in [6.45, 7) is 8.51. The van der Waals surface area contributed by atoms with E-state index in [1.54, 1.807) is 4.90 Å². The van der Waals surface area contributed by atoms with Crippen LogP contribution >= 0.6 is 0 Å². The number of rotatable bonds is 5. The molecule has 4 rings (SSSR count). The largest absolute Gasteiger partial charge is 0.413 e. The highest BCUT2D eigenvalue weighted by atomic mass is 16.6. The zero-order valence-corrected chi connectivity index (χ0v) is 18.1. The average Bonchev–Trinajstić information content (AvgIpc) is 3.35. The molecule has 1 N–H and O–H groups in total. The van der Waals surface area contributed by atoms with Gasteiger partial charge in [-0.25, -0.2) is 4.79 Å². The third-order valence-electron chi connectivity index (χ3n) is 7.06. The molecule has 0 unspecified atom stereocenters. The zero-order chi connectivity index (χ0) is 21.0. The van der Waals surface area contributed by atoms with Gasteiger partial charge in [0.05, 0.1) is 6.17 Å². The summed E-state index contributed by atoms with van der Waals surface area (Å²) in [7, 11) is 4.28. The van der Waals surface area contributed by atoms with E-state index < -0.39 is 11.6 Å². The van der Waals surface area contributed by atoms with Crippen LogP contribution in [0.15, 0.2) is 18.2 Å². The molecule has 0 aromatic heterocycles. The number of benzene rings is 1. The monoisotopic (exact) mass is 400 g/mol. The first-order valence-corrected chi connectivity index (χ1v) is 10.6. The molecule has 1 aliphatic carbocycles. The fraction of sp³-hybridized carbons (Fsp3) is 0.636. The van der Waals surface area contributed by atoms with Gasteiger partial charge in [-0.15, -0.1) is 0 Å². The van der Waals surface area contributed by atoms with Gasteiger partial charge >= 0.3 is 6.09 Å². The molecule has 0 spiro atoms. The van der Waals surface area contributed by atoms with Crippen molar-refractivity contribution in [2.75, 3.05) is 38.6 Å². The van der Waals surface area contributed by atoms with Gasteiger partial charge in [0.25, 0.3) is 0 Å². The molecule has 0 bridgehead atoms. The first kappa shape index (κ1) is 20.0. The first-order chi connectivity index (χ1) is 13.8. The van der Waals surface area contributed by atoms with Crippen molar-refractivity contribution in [3.05, 3.63) is 23.8 Å². The Kier molecular flexibility index (Phi) is 4.76. The minimum Gasteiger partial charge on any atom is -0.410 e. The molecule has 1 aromatic rings. The molecule has 1 aromatic carbocycles. The summed E-state index contributed by atoms with van der Waals surface area (Å²) in [5.74, 6) is 0.511. The molecule has 1 saturated heterocycles. The summed E-state index contributed by atoms with van der Waals surface area (Å²) in [6.07, 6.45) is 2.17. The standard InChI is InChI=1S/C22H32N4O3/c1-6-26(7-2)19(27)22(10-11-22)23-20(28)29-15-8-9-17-16(14-15)21(3)12-13-24(4)18(21)25(17)5/h8-9,14,18H,6-7,10-13H2,1-5H3,(H,23,28)/t18-,21+/m1/s1. The molecule has 2 fully saturated rings. The molecule has 2 heterocycles. The number of hydrogen-bond acceptors (Lipinski definition) is 5. The van der Waals surface area contributed by atoms with E-state index in [9.17, 15) is 9.59 Å². The van der Waals surface area contributed by atoms with E-state index in [1.165, 1.54) is 11.3 Å². The summed E-state index contributed by atoms with van der Waals surface area (Å²) in [5, 5.41) is 2.83. The van der Waals surface area contributed by atoms with Crippen molar-refractivity contribution < 1.29 is 14.3 Å². The Balaban J connectivity index is 1.49. The topological polar surface area (TPSA) is 65.1 Å². The number of carbonyl (C=O) groups is 2. The fourth-order valence-corrected chi connectivity index (χ4v) is 5.28. The van der Waals surface area contributed by atoms with Crippen LogP contribution in [0.25, 0.3) is 0 Å². The maximum absolute atomic E-state index is 12.7. The van der Waals surface area contributed by atoms with E-state index in [1.807, 2.05) is 32.0 Å². The summed E-state index contributed by atoms with van der Waals surface area (Å²) < 4.78 is 5.62. The molecule has 0 radical (unpaired) electrons. The number of nitrogens with one attached hydrogen (secondary N) is 1. The van der Waals surface area contributed by atoms with Crippen LogP contribution in [0, 0.1) is 0 Å². The van der Waals surface area contributed by atoms with Gasteiger partial charge in [0.2, 0.25) is 5.91 Å². The summed E-state index contributed by atoms with van der Waals surface area (Å²) in [6, 6.07) is 5.87. The smallest absolute Gasteiger partial charge is 0.410 e. The van der Waals surface area contributed by atoms with E-state index in [2.05, 4.69) is 36.1 Å². The van der Waals surface area contributed by atoms with Crippen LogP contribution in [0.2, 0.25) is 0 Å². The first-order valence-electron chi connectivity index (χ1n) is 10.6. The van der Waals surface area contributed by atoms with Crippen molar-refractivity contribution in [3.63, 3.8) is 0 Å². The molecule has 2 amide bonds. The second-order valence-corrected chi connectivity index (χ2v) is 8.89. The lowest BCUT2D eigenvalue weighted by Crippen LogP contribution is -2.51. The molecule has 7 nitrogen and oxygen atoms in total. The van der Waals surface area contributed by atoms with E-state index >= 15 is 0 Å². The third-order valence-corrected chi connectivity index (χ3v) is 7.06. The second-order valence-electron chi connectivity index (χ2n) is 8.89. The predicted molar refractivity (Wildman–Crippen MR) is 112 cm³/mol. The third kappa shape index (κ3) is 3.06. The Morgan fingerprint density at radius 2 is 1.90 bits per heavy atom. The Bertz CT molecular complexity index is 833. The fourth-order valence-electron chi connectivity index (χ4n) is 5.28. The molecular weight excluding hydrogens is 368 g/mol. The molecule has 1 saturated carbocycles. The van der Waals surface area contributed by atoms with Gasteiger partial charge in [0.1, 0.15) is 11.3 Å².